The van der Waals surface area contributed by atoms with E-state index in [9.17, 15) is 0 Å². The number of anilines is 4. The number of methoxy groups -OCH3 is 1. The van der Waals surface area contributed by atoms with Crippen LogP contribution in [0.25, 0.3) is 0 Å². The zero-order valence-electron chi connectivity index (χ0n) is 26.8. The molecule has 2 N–H and O–H groups in total. The van der Waals surface area contributed by atoms with Gasteiger partial charge in [-0.3, -0.25) is 10.9 Å². The maximum atomic E-state index is 6.63. The van der Waals surface area contributed by atoms with Crippen LogP contribution in [0, 0.1) is 0 Å². The van der Waals surface area contributed by atoms with Gasteiger partial charge >= 0.3 is 0 Å². The second-order valence-corrected chi connectivity index (χ2v) is 11.5. The van der Waals surface area contributed by atoms with Crippen molar-refractivity contribution in [3.63, 3.8) is 0 Å². The Labute approximate surface area is 295 Å². The molecule has 0 bridgehead atoms. The minimum atomic E-state index is 0.434. The van der Waals surface area contributed by atoms with Gasteiger partial charge in [0.15, 0.2) is 0 Å². The zero-order chi connectivity index (χ0) is 34.0. The Morgan fingerprint density at radius 1 is 0.551 bits per heavy atom. The van der Waals surface area contributed by atoms with Gasteiger partial charge in [0.1, 0.15) is 40.2 Å². The van der Waals surface area contributed by atoms with E-state index in [1.54, 1.807) is 41.6 Å². The van der Waals surface area contributed by atoms with Gasteiger partial charge in [0.05, 0.1) is 30.8 Å². The van der Waals surface area contributed by atoms with E-state index in [1.165, 1.54) is 0 Å². The second-order valence-electron chi connectivity index (χ2n) is 10.6. The molecule has 0 aromatic heterocycles. The topological polar surface area (TPSA) is 67.5 Å². The van der Waals surface area contributed by atoms with Gasteiger partial charge in [0.25, 0.3) is 0 Å². The molecule has 0 heterocycles. The Kier molecular flexibility index (Phi) is 10.8. The summed E-state index contributed by atoms with van der Waals surface area (Å²) in [5.41, 5.74) is 9.69. The molecule has 0 saturated heterocycles. The van der Waals surface area contributed by atoms with Crippen LogP contribution in [-0.4, -0.2) is 13.7 Å². The van der Waals surface area contributed by atoms with Gasteiger partial charge in [0, 0.05) is 16.1 Å². The lowest BCUT2D eigenvalue weighted by Crippen LogP contribution is -2.50. The molecule has 0 radical (unpaired) electrons. The van der Waals surface area contributed by atoms with Crippen LogP contribution >= 0.6 is 23.2 Å². The fourth-order valence-corrected chi connectivity index (χ4v) is 5.25. The van der Waals surface area contributed by atoms with E-state index in [1.807, 2.05) is 128 Å². The molecule has 0 aliphatic heterocycles. The normalized spacial score (nSPS) is 10.5. The summed E-state index contributed by atoms with van der Waals surface area (Å²) in [6.07, 6.45) is 0. The van der Waals surface area contributed by atoms with E-state index in [4.69, 9.17) is 42.1 Å². The average Bonchev–Trinajstić information content (AvgIpc) is 3.12. The van der Waals surface area contributed by atoms with Crippen LogP contribution in [0.15, 0.2) is 146 Å². The van der Waals surface area contributed by atoms with Gasteiger partial charge in [-0.05, 0) is 104 Å². The minimum absolute atomic E-state index is 0.434. The Balaban J connectivity index is 1.45. The summed E-state index contributed by atoms with van der Waals surface area (Å²) in [4.78, 5) is 0. The summed E-state index contributed by atoms with van der Waals surface area (Å²) in [6.45, 7) is 2.36. The number of benzene rings is 6. The molecule has 0 aliphatic rings. The summed E-state index contributed by atoms with van der Waals surface area (Å²) in [7, 11) is 1.60. The lowest BCUT2D eigenvalue weighted by molar-refractivity contribution is 0.340. The van der Waals surface area contributed by atoms with E-state index in [-0.39, 0.29) is 0 Å². The third-order valence-corrected chi connectivity index (χ3v) is 7.62. The molecular weight excluding hydrogens is 659 g/mol. The first-order valence-electron chi connectivity index (χ1n) is 15.5. The molecule has 6 aromatic carbocycles. The van der Waals surface area contributed by atoms with Crippen LogP contribution < -0.4 is 40.0 Å². The van der Waals surface area contributed by atoms with E-state index in [0.717, 1.165) is 11.4 Å². The van der Waals surface area contributed by atoms with Crippen LogP contribution in [-0.2, 0) is 0 Å². The number of ether oxygens (including phenoxy) is 4. The van der Waals surface area contributed by atoms with Gasteiger partial charge in [-0.1, -0.05) is 65.7 Å². The zero-order valence-corrected chi connectivity index (χ0v) is 28.4. The largest absolute Gasteiger partial charge is 0.495 e. The number of halogens is 2. The first-order valence-corrected chi connectivity index (χ1v) is 16.3. The highest BCUT2D eigenvalue weighted by molar-refractivity contribution is 6.31. The van der Waals surface area contributed by atoms with Crippen LogP contribution in [0.5, 0.6) is 34.5 Å². The van der Waals surface area contributed by atoms with Crippen molar-refractivity contribution in [1.29, 1.82) is 0 Å². The van der Waals surface area contributed by atoms with Crippen LogP contribution in [0.4, 0.5) is 22.7 Å². The molecule has 8 nitrogen and oxygen atoms in total. The lowest BCUT2D eigenvalue weighted by atomic mass is 10.2. The highest BCUT2D eigenvalue weighted by Gasteiger charge is 2.24. The number of nitrogens with one attached hydrogen (secondary N) is 2. The minimum Gasteiger partial charge on any atom is -0.495 e. The second kappa shape index (κ2) is 15.9. The van der Waals surface area contributed by atoms with Crippen LogP contribution in [0.2, 0.25) is 10.0 Å². The van der Waals surface area contributed by atoms with E-state index in [0.29, 0.717) is 62.5 Å². The smallest absolute Gasteiger partial charge is 0.146 e. The van der Waals surface area contributed by atoms with Crippen molar-refractivity contribution in [3.8, 4) is 34.5 Å². The Morgan fingerprint density at radius 2 is 1.14 bits per heavy atom. The predicted molar refractivity (Wildman–Crippen MR) is 199 cm³/mol. The molecular formula is C39H34Cl2N4O4. The van der Waals surface area contributed by atoms with Crippen LogP contribution in [0.1, 0.15) is 6.92 Å². The molecule has 0 saturated carbocycles. The standard InChI is InChI=1S/C39H34Cl2N4O4/c1-3-47-39-24-18-29(41)26-37(39)45(42-30-19-21-34(22-20-30)48-32-12-6-4-7-13-32)44(43-36-25-28(40)17-23-38(36)46-2)31-11-10-16-35(27-31)49-33-14-8-5-9-15-33/h4-27,42-43H,3H2,1-2H3. The Hall–Kier alpha value is -5.70. The van der Waals surface area contributed by atoms with Gasteiger partial charge in [0.2, 0.25) is 0 Å². The number of para-hydroxylation sites is 2. The van der Waals surface area contributed by atoms with Crippen molar-refractivity contribution >= 4 is 46.0 Å². The molecule has 0 fully saturated rings. The highest BCUT2D eigenvalue weighted by atomic mass is 35.5. The Bertz CT molecular complexity index is 1960. The molecule has 10 heteroatoms. The van der Waals surface area contributed by atoms with Crippen molar-refractivity contribution in [2.24, 2.45) is 0 Å². The van der Waals surface area contributed by atoms with Gasteiger partial charge in [-0.25, -0.2) is 0 Å². The van der Waals surface area contributed by atoms with Crippen molar-refractivity contribution < 1.29 is 18.9 Å². The third kappa shape index (κ3) is 8.61. The molecule has 0 spiro atoms. The predicted octanol–water partition coefficient (Wildman–Crippen LogP) is 11.3. The van der Waals surface area contributed by atoms with Crippen molar-refractivity contribution in [2.45, 2.75) is 6.92 Å². The van der Waals surface area contributed by atoms with Gasteiger partial charge in [-0.15, -0.1) is 0 Å². The van der Waals surface area contributed by atoms with E-state index >= 15 is 0 Å². The number of hydrogen-bond donors (Lipinski definition) is 2. The van der Waals surface area contributed by atoms with E-state index < -0.39 is 0 Å². The highest BCUT2D eigenvalue weighted by Crippen LogP contribution is 2.38. The summed E-state index contributed by atoms with van der Waals surface area (Å²) in [6, 6.07) is 45.3. The first-order chi connectivity index (χ1) is 24.0. The third-order valence-electron chi connectivity index (χ3n) is 7.15. The average molecular weight is 694 g/mol. The molecule has 6 rings (SSSR count). The molecule has 49 heavy (non-hydrogen) atoms. The summed E-state index contributed by atoms with van der Waals surface area (Å²) in [5.74, 6) is 3.91. The fraction of sp³-hybridized carbons (Fsp3) is 0.0769. The molecule has 0 amide bonds. The number of rotatable bonds is 14. The fourth-order valence-electron chi connectivity index (χ4n) is 4.91. The van der Waals surface area contributed by atoms with Crippen LogP contribution in [0.3, 0.4) is 0 Å². The molecule has 248 valence electrons. The monoisotopic (exact) mass is 692 g/mol. The summed E-state index contributed by atoms with van der Waals surface area (Å²) >= 11 is 13.1. The molecule has 0 atom stereocenters. The molecule has 0 aliphatic carbocycles. The quantitative estimate of drug-likeness (QED) is 0.109. The molecule has 0 unspecified atom stereocenters. The lowest BCUT2D eigenvalue weighted by Gasteiger charge is -2.39. The summed E-state index contributed by atoms with van der Waals surface area (Å²) in [5, 5.41) is 4.63. The number of hydrazine groups is 3. The maximum absolute atomic E-state index is 6.63. The Morgan fingerprint density at radius 3 is 1.80 bits per heavy atom. The number of hydrogen-bond acceptors (Lipinski definition) is 8. The van der Waals surface area contributed by atoms with Gasteiger partial charge in [-0.2, -0.15) is 10.2 Å². The van der Waals surface area contributed by atoms with Gasteiger partial charge < -0.3 is 18.9 Å². The summed E-state index contributed by atoms with van der Waals surface area (Å²) < 4.78 is 24.1. The number of nitrogens with zero attached hydrogens (tertiary/aromatic N) is 2. The van der Waals surface area contributed by atoms with Crippen molar-refractivity contribution in [1.82, 2.24) is 0 Å². The first kappa shape index (κ1) is 33.2. The molecule has 6 aromatic rings. The maximum Gasteiger partial charge on any atom is 0.146 e. The van der Waals surface area contributed by atoms with E-state index in [2.05, 4.69) is 10.9 Å². The van der Waals surface area contributed by atoms with Crippen molar-refractivity contribution in [2.75, 3.05) is 34.8 Å². The van der Waals surface area contributed by atoms with Crippen molar-refractivity contribution in [3.05, 3.63) is 156 Å². The SMILES string of the molecule is CCOc1ccc(Cl)cc1N(Nc1ccc(Oc2ccccc2)cc1)N(Nc1cc(Cl)ccc1OC)c1cccc(Oc2ccccc2)c1.